The number of carbonyl (C=O) groups is 1. The zero-order chi connectivity index (χ0) is 23.0. The number of anilines is 2. The number of rotatable bonds is 6. The molecule has 2 heterocycles. The van der Waals surface area contributed by atoms with Crippen LogP contribution in [-0.4, -0.2) is 24.3 Å². The molecule has 0 spiro atoms. The zero-order valence-electron chi connectivity index (χ0n) is 17.3. The number of benzene rings is 2. The van der Waals surface area contributed by atoms with Gasteiger partial charge in [0, 0.05) is 34.8 Å². The first-order chi connectivity index (χ1) is 15.9. The van der Waals surface area contributed by atoms with Crippen LogP contribution in [0.4, 0.5) is 15.9 Å². The minimum absolute atomic E-state index is 0.00638. The number of amides is 1. The van der Waals surface area contributed by atoms with E-state index in [4.69, 9.17) is 0 Å². The van der Waals surface area contributed by atoms with Crippen molar-refractivity contribution in [3.8, 4) is 0 Å². The summed E-state index contributed by atoms with van der Waals surface area (Å²) in [6, 6.07) is 16.5. The van der Waals surface area contributed by atoms with Crippen molar-refractivity contribution in [2.24, 2.45) is 5.92 Å². The summed E-state index contributed by atoms with van der Waals surface area (Å²) >= 11 is 0. The van der Waals surface area contributed by atoms with Gasteiger partial charge in [-0.15, -0.1) is 0 Å². The Morgan fingerprint density at radius 1 is 1.03 bits per heavy atom. The Kier molecular flexibility index (Phi) is 5.26. The summed E-state index contributed by atoms with van der Waals surface area (Å²) in [6.07, 6.45) is 4.87. The molecule has 2 N–H and O–H groups in total. The lowest BCUT2D eigenvalue weighted by Crippen LogP contribution is -2.15. The van der Waals surface area contributed by atoms with E-state index in [-0.39, 0.29) is 28.5 Å². The number of carbonyl (C=O) groups excluding carboxylic acids is 1. The smallest absolute Gasteiger partial charge is 0.263 e. The van der Waals surface area contributed by atoms with Crippen molar-refractivity contribution in [2.45, 2.75) is 17.2 Å². The molecule has 1 saturated carbocycles. The van der Waals surface area contributed by atoms with E-state index in [1.807, 2.05) is 0 Å². The van der Waals surface area contributed by atoms with Gasteiger partial charge in [-0.2, -0.15) is 0 Å². The van der Waals surface area contributed by atoms with Crippen LogP contribution in [0.5, 0.6) is 0 Å². The molecule has 2 aromatic carbocycles. The molecule has 1 aliphatic carbocycles. The van der Waals surface area contributed by atoms with Gasteiger partial charge in [-0.3, -0.25) is 14.5 Å². The molecular formula is C24H19FN4O3S. The summed E-state index contributed by atoms with van der Waals surface area (Å²) in [4.78, 5) is 20.6. The molecule has 1 fully saturated rings. The fourth-order valence-corrected chi connectivity index (χ4v) is 4.82. The van der Waals surface area contributed by atoms with Crippen molar-refractivity contribution in [3.05, 3.63) is 90.6 Å². The lowest BCUT2D eigenvalue weighted by atomic mass is 10.1. The Morgan fingerprint density at radius 2 is 1.85 bits per heavy atom. The van der Waals surface area contributed by atoms with Crippen LogP contribution in [0.25, 0.3) is 10.8 Å². The van der Waals surface area contributed by atoms with Crippen molar-refractivity contribution in [1.29, 1.82) is 0 Å². The molecule has 166 valence electrons. The van der Waals surface area contributed by atoms with E-state index in [1.165, 1.54) is 18.3 Å². The number of nitrogens with one attached hydrogen (secondary N) is 2. The van der Waals surface area contributed by atoms with Crippen LogP contribution in [0.2, 0.25) is 0 Å². The summed E-state index contributed by atoms with van der Waals surface area (Å²) in [6.45, 7) is 0. The third-order valence-electron chi connectivity index (χ3n) is 5.63. The van der Waals surface area contributed by atoms with Crippen LogP contribution >= 0.6 is 0 Å². The second-order valence-corrected chi connectivity index (χ2v) is 9.57. The Hall–Kier alpha value is -3.85. The molecule has 0 aliphatic heterocycles. The predicted molar refractivity (Wildman–Crippen MR) is 123 cm³/mol. The average molecular weight is 463 g/mol. The summed E-state index contributed by atoms with van der Waals surface area (Å²) in [5.74, 6) is -0.572. The van der Waals surface area contributed by atoms with Crippen molar-refractivity contribution in [3.63, 3.8) is 0 Å². The zero-order valence-corrected chi connectivity index (χ0v) is 18.1. The first-order valence-corrected chi connectivity index (χ1v) is 11.8. The number of nitrogens with zero attached hydrogens (tertiary/aromatic N) is 2. The molecule has 7 nitrogen and oxygen atoms in total. The first kappa shape index (κ1) is 21.0. The van der Waals surface area contributed by atoms with Gasteiger partial charge in [-0.05, 0) is 54.3 Å². The number of sulfonamides is 1. The van der Waals surface area contributed by atoms with E-state index in [1.54, 1.807) is 54.7 Å². The van der Waals surface area contributed by atoms with E-state index >= 15 is 0 Å². The van der Waals surface area contributed by atoms with E-state index in [2.05, 4.69) is 20.0 Å². The van der Waals surface area contributed by atoms with Crippen molar-refractivity contribution < 1.29 is 17.6 Å². The van der Waals surface area contributed by atoms with Gasteiger partial charge in [0.25, 0.3) is 10.0 Å². The van der Waals surface area contributed by atoms with E-state index in [0.29, 0.717) is 22.9 Å². The lowest BCUT2D eigenvalue weighted by molar-refractivity contribution is -0.117. The molecule has 9 heteroatoms. The van der Waals surface area contributed by atoms with Crippen molar-refractivity contribution >= 4 is 38.2 Å². The van der Waals surface area contributed by atoms with Gasteiger partial charge in [0.1, 0.15) is 11.6 Å². The van der Waals surface area contributed by atoms with E-state index in [0.717, 1.165) is 11.8 Å². The summed E-state index contributed by atoms with van der Waals surface area (Å²) in [7, 11) is -3.75. The fourth-order valence-electron chi connectivity index (χ4n) is 3.81. The van der Waals surface area contributed by atoms with Gasteiger partial charge >= 0.3 is 0 Å². The molecule has 1 amide bonds. The molecule has 2 unspecified atom stereocenters. The van der Waals surface area contributed by atoms with Crippen LogP contribution in [-0.2, 0) is 14.8 Å². The minimum Gasteiger partial charge on any atom is -0.326 e. The van der Waals surface area contributed by atoms with Crippen molar-refractivity contribution in [1.82, 2.24) is 9.97 Å². The second kappa shape index (κ2) is 8.25. The number of halogens is 1. The van der Waals surface area contributed by atoms with E-state index < -0.39 is 15.8 Å². The fraction of sp³-hybridized carbons (Fsp3) is 0.125. The Bertz CT molecular complexity index is 1440. The number of fused-ring (bicyclic) bond motifs is 1. The molecule has 2 atom stereocenters. The molecule has 1 aliphatic rings. The number of aromatic nitrogens is 2. The van der Waals surface area contributed by atoms with Gasteiger partial charge in [-0.1, -0.05) is 24.3 Å². The maximum Gasteiger partial charge on any atom is 0.263 e. The highest BCUT2D eigenvalue weighted by atomic mass is 32.2. The predicted octanol–water partition coefficient (Wildman–Crippen LogP) is 4.31. The highest BCUT2D eigenvalue weighted by Crippen LogP contribution is 2.48. The molecule has 0 bridgehead atoms. The van der Waals surface area contributed by atoms with Gasteiger partial charge in [0.05, 0.1) is 11.1 Å². The molecule has 4 aromatic rings. The molecule has 0 radical (unpaired) electrons. The molecule has 2 aromatic heterocycles. The molecule has 0 saturated heterocycles. The topological polar surface area (TPSA) is 101 Å². The average Bonchev–Trinajstić information content (AvgIpc) is 3.61. The van der Waals surface area contributed by atoms with Crippen LogP contribution in [0.3, 0.4) is 0 Å². The van der Waals surface area contributed by atoms with Crippen LogP contribution in [0.1, 0.15) is 17.9 Å². The highest BCUT2D eigenvalue weighted by molar-refractivity contribution is 7.92. The molecule has 33 heavy (non-hydrogen) atoms. The van der Waals surface area contributed by atoms with Gasteiger partial charge in [0.15, 0.2) is 0 Å². The number of hydrogen-bond donors (Lipinski definition) is 2. The van der Waals surface area contributed by atoms with Crippen LogP contribution in [0.15, 0.2) is 84.1 Å². The third-order valence-corrected chi connectivity index (χ3v) is 7.00. The van der Waals surface area contributed by atoms with Gasteiger partial charge in [-0.25, -0.2) is 17.8 Å². The lowest BCUT2D eigenvalue weighted by Gasteiger charge is -2.09. The Balaban J connectivity index is 1.25. The van der Waals surface area contributed by atoms with E-state index in [9.17, 15) is 17.6 Å². The quantitative estimate of drug-likeness (QED) is 0.445. The number of hydrogen-bond acceptors (Lipinski definition) is 5. The summed E-state index contributed by atoms with van der Waals surface area (Å²) in [5, 5.41) is 3.90. The van der Waals surface area contributed by atoms with Gasteiger partial charge < -0.3 is 5.32 Å². The summed E-state index contributed by atoms with van der Waals surface area (Å²) < 4.78 is 41.5. The third kappa shape index (κ3) is 4.40. The Morgan fingerprint density at radius 3 is 2.61 bits per heavy atom. The van der Waals surface area contributed by atoms with Crippen molar-refractivity contribution in [2.75, 3.05) is 10.0 Å². The summed E-state index contributed by atoms with van der Waals surface area (Å²) in [5.41, 5.74) is 1.41. The Labute approximate surface area is 189 Å². The minimum atomic E-state index is -3.75. The van der Waals surface area contributed by atoms with Crippen LogP contribution in [0, 0.1) is 11.7 Å². The molecular weight excluding hydrogens is 443 g/mol. The standard InChI is InChI=1S/C24H19FN4O3S/c25-22-14-26-13-16-4-7-17(11-20(16)22)28-24(30)21-12-19(21)15-5-8-18(9-6-15)33(31,32)29-23-3-1-2-10-27-23/h1-11,13-14,19,21H,12H2,(H,27,29)(H,28,30). The first-order valence-electron chi connectivity index (χ1n) is 10.3. The maximum atomic E-state index is 14.0. The van der Waals surface area contributed by atoms with Crippen LogP contribution < -0.4 is 10.0 Å². The largest absolute Gasteiger partial charge is 0.326 e. The highest BCUT2D eigenvalue weighted by Gasteiger charge is 2.44. The van der Waals surface area contributed by atoms with Gasteiger partial charge in [0.2, 0.25) is 5.91 Å². The maximum absolute atomic E-state index is 14.0. The molecule has 5 rings (SSSR count). The SMILES string of the molecule is O=C(Nc1ccc2cncc(F)c2c1)C1CC1c1ccc(S(=O)(=O)Nc2ccccn2)cc1. The second-order valence-electron chi connectivity index (χ2n) is 7.88. The number of pyridine rings is 2. The monoisotopic (exact) mass is 462 g/mol. The normalized spacial score (nSPS) is 17.5.